The van der Waals surface area contributed by atoms with E-state index >= 15 is 0 Å². The van der Waals surface area contributed by atoms with Crippen LogP contribution in [0.25, 0.3) is 17.2 Å². The van der Waals surface area contributed by atoms with Gasteiger partial charge in [0.15, 0.2) is 5.78 Å². The minimum atomic E-state index is -1.05. The van der Waals surface area contributed by atoms with Crippen molar-refractivity contribution >= 4 is 29.2 Å². The number of anilines is 2. The number of nitrogen functional groups attached to an aromatic ring is 2. The number of nitrogens with two attached hydrogens (primary N) is 2. The first-order valence-electron chi connectivity index (χ1n) is 13.4. The number of rotatable bonds is 12. The molecular formula is C34H34N2O4. The molecule has 0 aromatic heterocycles. The summed E-state index contributed by atoms with van der Waals surface area (Å²) in [5.41, 5.74) is 18.2. The van der Waals surface area contributed by atoms with Gasteiger partial charge in [-0.25, -0.2) is 4.79 Å². The molecule has 4 aromatic rings. The van der Waals surface area contributed by atoms with Crippen molar-refractivity contribution in [3.63, 3.8) is 0 Å². The molecule has 0 unspecified atom stereocenters. The highest BCUT2D eigenvalue weighted by Gasteiger charge is 2.14. The van der Waals surface area contributed by atoms with Crippen molar-refractivity contribution in [3.8, 4) is 16.9 Å². The van der Waals surface area contributed by atoms with Gasteiger partial charge in [-0.15, -0.1) is 0 Å². The quantitative estimate of drug-likeness (QED) is 0.0774. The Morgan fingerprint density at radius 3 is 2.12 bits per heavy atom. The van der Waals surface area contributed by atoms with Gasteiger partial charge in [0.1, 0.15) is 5.75 Å². The molecule has 0 spiro atoms. The fraction of sp³-hybridized carbons (Fsp3) is 0.176. The van der Waals surface area contributed by atoms with Crippen molar-refractivity contribution in [1.82, 2.24) is 0 Å². The maximum atomic E-state index is 12.7. The molecular weight excluding hydrogens is 500 g/mol. The third-order valence-corrected chi connectivity index (χ3v) is 6.68. The summed E-state index contributed by atoms with van der Waals surface area (Å²) in [5.74, 6) is -0.430. The molecule has 0 amide bonds. The van der Waals surface area contributed by atoms with E-state index in [1.165, 1.54) is 11.6 Å². The fourth-order valence-electron chi connectivity index (χ4n) is 4.55. The zero-order chi connectivity index (χ0) is 28.5. The van der Waals surface area contributed by atoms with Crippen LogP contribution < -0.4 is 16.2 Å². The van der Waals surface area contributed by atoms with Gasteiger partial charge in [0, 0.05) is 16.9 Å². The van der Waals surface area contributed by atoms with Crippen LogP contribution in [0.2, 0.25) is 0 Å². The first-order valence-corrected chi connectivity index (χ1v) is 13.4. The van der Waals surface area contributed by atoms with Crippen molar-refractivity contribution in [1.29, 1.82) is 0 Å². The minimum absolute atomic E-state index is 0.0622. The summed E-state index contributed by atoms with van der Waals surface area (Å²) in [6, 6.07) is 26.7. The van der Waals surface area contributed by atoms with Crippen molar-refractivity contribution in [2.75, 3.05) is 18.1 Å². The van der Waals surface area contributed by atoms with Crippen LogP contribution in [0, 0.1) is 0 Å². The van der Waals surface area contributed by atoms with E-state index in [2.05, 4.69) is 31.2 Å². The Bertz CT molecular complexity index is 1490. The van der Waals surface area contributed by atoms with Crippen molar-refractivity contribution in [2.24, 2.45) is 0 Å². The fourth-order valence-corrected chi connectivity index (χ4v) is 4.55. The highest BCUT2D eigenvalue weighted by Crippen LogP contribution is 2.24. The monoisotopic (exact) mass is 534 g/mol. The lowest BCUT2D eigenvalue weighted by molar-refractivity contribution is 0.0695. The van der Waals surface area contributed by atoms with Crippen LogP contribution in [0.5, 0.6) is 5.75 Å². The van der Waals surface area contributed by atoms with Crippen molar-refractivity contribution in [2.45, 2.75) is 32.6 Å². The number of carboxylic acids is 1. The molecule has 0 heterocycles. The average molecular weight is 535 g/mol. The highest BCUT2D eigenvalue weighted by atomic mass is 16.5. The summed E-state index contributed by atoms with van der Waals surface area (Å²) >= 11 is 0. The summed E-state index contributed by atoms with van der Waals surface area (Å²) < 4.78 is 5.80. The van der Waals surface area contributed by atoms with Gasteiger partial charge < -0.3 is 21.3 Å². The van der Waals surface area contributed by atoms with Gasteiger partial charge in [0.05, 0.1) is 12.2 Å². The molecule has 0 atom stereocenters. The Balaban J connectivity index is 1.28. The molecule has 0 bridgehead atoms. The predicted octanol–water partition coefficient (Wildman–Crippen LogP) is 7.08. The Hall–Kier alpha value is -4.84. The van der Waals surface area contributed by atoms with Gasteiger partial charge in [0.2, 0.25) is 0 Å². The highest BCUT2D eigenvalue weighted by molar-refractivity contribution is 6.07. The molecule has 4 aromatic carbocycles. The van der Waals surface area contributed by atoms with Crippen molar-refractivity contribution < 1.29 is 19.4 Å². The second kappa shape index (κ2) is 13.3. The first kappa shape index (κ1) is 28.2. The number of allylic oxidation sites excluding steroid dienone is 1. The molecule has 40 heavy (non-hydrogen) atoms. The number of hydrogen-bond donors (Lipinski definition) is 3. The van der Waals surface area contributed by atoms with Crippen LogP contribution in [-0.4, -0.2) is 23.5 Å². The number of aromatic carboxylic acids is 1. The number of hydrogen-bond acceptors (Lipinski definition) is 5. The second-order valence-electron chi connectivity index (χ2n) is 9.68. The van der Waals surface area contributed by atoms with E-state index in [1.807, 2.05) is 48.5 Å². The molecule has 0 aliphatic carbocycles. The smallest absolute Gasteiger partial charge is 0.336 e. The number of carboxylic acid groups (broad SMARTS) is 1. The summed E-state index contributed by atoms with van der Waals surface area (Å²) in [7, 11) is 0. The van der Waals surface area contributed by atoms with Crippen LogP contribution in [0.15, 0.2) is 91.0 Å². The first-order chi connectivity index (χ1) is 19.3. The summed E-state index contributed by atoms with van der Waals surface area (Å²) in [6.45, 7) is 2.57. The Morgan fingerprint density at radius 2 is 1.50 bits per heavy atom. The predicted molar refractivity (Wildman–Crippen MR) is 162 cm³/mol. The van der Waals surface area contributed by atoms with Crippen molar-refractivity contribution in [3.05, 3.63) is 119 Å². The van der Waals surface area contributed by atoms with E-state index in [4.69, 9.17) is 16.2 Å². The maximum absolute atomic E-state index is 12.7. The number of aryl methyl sites for hydroxylation is 1. The van der Waals surface area contributed by atoms with Crippen LogP contribution in [0.4, 0.5) is 11.4 Å². The van der Waals surface area contributed by atoms with Gasteiger partial charge in [-0.05, 0) is 77.4 Å². The molecule has 0 aliphatic heterocycles. The van der Waals surface area contributed by atoms with Gasteiger partial charge in [-0.2, -0.15) is 0 Å². The van der Waals surface area contributed by atoms with E-state index in [0.717, 1.165) is 29.5 Å². The molecule has 0 saturated heterocycles. The molecule has 0 aliphatic rings. The SMILES string of the molecule is CCCc1ccc(-c2ccc(C(=O)/C=C/c3ccc(OCCCc4c(N)cc(N)cc4C(=O)O)cc3)cc2)cc1. The largest absolute Gasteiger partial charge is 0.494 e. The number of ketones is 1. The molecule has 5 N–H and O–H groups in total. The van der Waals surface area contributed by atoms with E-state index in [-0.39, 0.29) is 11.3 Å². The number of benzene rings is 4. The van der Waals surface area contributed by atoms with Gasteiger partial charge in [-0.1, -0.05) is 80.1 Å². The molecule has 0 fully saturated rings. The zero-order valence-electron chi connectivity index (χ0n) is 22.6. The van der Waals surface area contributed by atoms with E-state index < -0.39 is 5.97 Å². The molecule has 6 nitrogen and oxygen atoms in total. The minimum Gasteiger partial charge on any atom is -0.494 e. The van der Waals surface area contributed by atoms with Gasteiger partial charge in [-0.3, -0.25) is 4.79 Å². The van der Waals surface area contributed by atoms with E-state index in [1.54, 1.807) is 18.2 Å². The molecule has 0 radical (unpaired) electrons. The lowest BCUT2D eigenvalue weighted by Gasteiger charge is -2.11. The Labute approximate surface area is 234 Å². The summed E-state index contributed by atoms with van der Waals surface area (Å²) in [5, 5.41) is 9.42. The summed E-state index contributed by atoms with van der Waals surface area (Å²) in [6.07, 6.45) is 6.61. The summed E-state index contributed by atoms with van der Waals surface area (Å²) in [4.78, 5) is 24.2. The van der Waals surface area contributed by atoms with E-state index in [0.29, 0.717) is 47.7 Å². The third-order valence-electron chi connectivity index (χ3n) is 6.68. The lowest BCUT2D eigenvalue weighted by atomic mass is 10.00. The molecule has 6 heteroatoms. The third kappa shape index (κ3) is 7.38. The topological polar surface area (TPSA) is 116 Å². The van der Waals surface area contributed by atoms with Crippen LogP contribution in [-0.2, 0) is 12.8 Å². The molecule has 0 saturated carbocycles. The molecule has 204 valence electrons. The normalized spacial score (nSPS) is 11.0. The van der Waals surface area contributed by atoms with Crippen LogP contribution >= 0.6 is 0 Å². The van der Waals surface area contributed by atoms with Crippen LogP contribution in [0.3, 0.4) is 0 Å². The van der Waals surface area contributed by atoms with Gasteiger partial charge in [0.25, 0.3) is 0 Å². The number of carbonyl (C=O) groups is 2. The number of carbonyl (C=O) groups excluding carboxylic acids is 1. The number of ether oxygens (including phenoxy) is 1. The zero-order valence-corrected chi connectivity index (χ0v) is 22.6. The Kier molecular flexibility index (Phi) is 9.36. The Morgan fingerprint density at radius 1 is 0.850 bits per heavy atom. The lowest BCUT2D eigenvalue weighted by Crippen LogP contribution is -2.09. The maximum Gasteiger partial charge on any atom is 0.336 e. The average Bonchev–Trinajstić information content (AvgIpc) is 2.96. The van der Waals surface area contributed by atoms with Crippen LogP contribution in [0.1, 0.15) is 57.2 Å². The van der Waals surface area contributed by atoms with Gasteiger partial charge >= 0.3 is 5.97 Å². The van der Waals surface area contributed by atoms with E-state index in [9.17, 15) is 14.7 Å². The molecule has 4 rings (SSSR count). The standard InChI is InChI=1S/C34H34N2O4/c1-2-4-23-6-11-25(12-7-23)26-13-15-27(16-14-26)33(37)19-10-24-8-17-29(18-9-24)40-20-3-5-30-31(34(38)39)21-28(35)22-32(30)36/h6-19,21-22H,2-5,20,35-36H2,1H3,(H,38,39)/b19-10+. The second-order valence-corrected chi connectivity index (χ2v) is 9.68.